The molecule has 0 atom stereocenters. The Labute approximate surface area is 132 Å². The van der Waals surface area contributed by atoms with Crippen molar-refractivity contribution in [2.24, 2.45) is 0 Å². The Morgan fingerprint density at radius 1 is 1.26 bits per heavy atom. The van der Waals surface area contributed by atoms with Crippen molar-refractivity contribution in [2.45, 2.75) is 25.3 Å². The maximum Gasteiger partial charge on any atom is 0.251 e. The molecule has 0 saturated carbocycles. The number of hydrogen-bond acceptors (Lipinski definition) is 3. The van der Waals surface area contributed by atoms with Gasteiger partial charge in [-0.3, -0.25) is 0 Å². The first-order chi connectivity index (χ1) is 11.0. The van der Waals surface area contributed by atoms with Gasteiger partial charge in [-0.2, -0.15) is 0 Å². The fourth-order valence-corrected chi connectivity index (χ4v) is 2.62. The SMILES string of the molecule is C=Cc1cn(Cc2cnc(N3CCC(F)(F)CC3)c(F)c2)cn1. The minimum atomic E-state index is -2.66. The number of alkyl halides is 2. The number of hydrogen-bond donors (Lipinski definition) is 0. The number of anilines is 1. The fraction of sp³-hybridized carbons (Fsp3) is 0.375. The predicted molar refractivity (Wildman–Crippen MR) is 82.0 cm³/mol. The summed E-state index contributed by atoms with van der Waals surface area (Å²) in [6.07, 6.45) is 6.09. The van der Waals surface area contributed by atoms with Gasteiger partial charge in [-0.1, -0.05) is 6.58 Å². The molecule has 0 bridgehead atoms. The lowest BCUT2D eigenvalue weighted by Gasteiger charge is -2.32. The number of nitrogens with zero attached hydrogens (tertiary/aromatic N) is 4. The molecule has 2 aromatic rings. The van der Waals surface area contributed by atoms with Gasteiger partial charge in [0, 0.05) is 38.3 Å². The minimum absolute atomic E-state index is 0.112. The van der Waals surface area contributed by atoms with Gasteiger partial charge in [-0.25, -0.2) is 23.1 Å². The zero-order chi connectivity index (χ0) is 16.4. The quantitative estimate of drug-likeness (QED) is 0.866. The van der Waals surface area contributed by atoms with Gasteiger partial charge in [-0.05, 0) is 17.7 Å². The maximum atomic E-state index is 14.3. The van der Waals surface area contributed by atoms with Crippen LogP contribution in [0.15, 0.2) is 31.4 Å². The second-order valence-electron chi connectivity index (χ2n) is 5.67. The zero-order valence-electron chi connectivity index (χ0n) is 12.6. The summed E-state index contributed by atoms with van der Waals surface area (Å²) >= 11 is 0. The third-order valence-electron chi connectivity index (χ3n) is 3.90. The average molecular weight is 322 g/mol. The molecule has 7 heteroatoms. The van der Waals surface area contributed by atoms with E-state index in [0.717, 1.165) is 5.69 Å². The van der Waals surface area contributed by atoms with Crippen LogP contribution < -0.4 is 4.90 Å². The Bertz CT molecular complexity index is 701. The van der Waals surface area contributed by atoms with E-state index >= 15 is 0 Å². The molecule has 1 aliphatic heterocycles. The summed E-state index contributed by atoms with van der Waals surface area (Å²) in [5, 5.41) is 0. The van der Waals surface area contributed by atoms with Crippen LogP contribution in [0.3, 0.4) is 0 Å². The summed E-state index contributed by atoms with van der Waals surface area (Å²) in [6, 6.07) is 1.39. The third-order valence-corrected chi connectivity index (χ3v) is 3.90. The van der Waals surface area contributed by atoms with Crippen molar-refractivity contribution in [2.75, 3.05) is 18.0 Å². The lowest BCUT2D eigenvalue weighted by atomic mass is 10.1. The highest BCUT2D eigenvalue weighted by Crippen LogP contribution is 2.30. The predicted octanol–water partition coefficient (Wildman–Crippen LogP) is 3.34. The van der Waals surface area contributed by atoms with E-state index in [2.05, 4.69) is 16.5 Å². The summed E-state index contributed by atoms with van der Waals surface area (Å²) in [5.41, 5.74) is 1.42. The molecule has 0 N–H and O–H groups in total. The standard InChI is InChI=1S/C16H17F3N4/c1-2-13-10-22(11-21-13)9-12-7-14(17)15(20-8-12)23-5-3-16(18,19)4-6-23/h2,7-8,10-11H,1,3-6,9H2. The number of halogens is 3. The minimum Gasteiger partial charge on any atom is -0.354 e. The highest BCUT2D eigenvalue weighted by atomic mass is 19.3. The molecule has 1 aliphatic rings. The van der Waals surface area contributed by atoms with E-state index in [-0.39, 0.29) is 31.7 Å². The highest BCUT2D eigenvalue weighted by Gasteiger charge is 2.35. The van der Waals surface area contributed by atoms with Crippen LogP contribution in [-0.2, 0) is 6.54 Å². The first kappa shape index (κ1) is 15.6. The van der Waals surface area contributed by atoms with Crippen LogP contribution in [-0.4, -0.2) is 33.5 Å². The number of pyridine rings is 1. The number of piperidine rings is 1. The van der Waals surface area contributed by atoms with E-state index in [1.807, 2.05) is 0 Å². The van der Waals surface area contributed by atoms with Gasteiger partial charge in [0.05, 0.1) is 18.6 Å². The van der Waals surface area contributed by atoms with Crippen LogP contribution in [0.25, 0.3) is 6.08 Å². The smallest absolute Gasteiger partial charge is 0.251 e. The van der Waals surface area contributed by atoms with Crippen LogP contribution in [0.2, 0.25) is 0 Å². The molecule has 3 rings (SSSR count). The summed E-state index contributed by atoms with van der Waals surface area (Å²) in [7, 11) is 0. The third kappa shape index (κ3) is 3.55. The lowest BCUT2D eigenvalue weighted by molar-refractivity contribution is -0.0222. The van der Waals surface area contributed by atoms with Crippen molar-refractivity contribution in [1.29, 1.82) is 0 Å². The van der Waals surface area contributed by atoms with Crippen molar-refractivity contribution in [3.05, 3.63) is 48.4 Å². The van der Waals surface area contributed by atoms with Gasteiger partial charge in [0.2, 0.25) is 0 Å². The van der Waals surface area contributed by atoms with E-state index in [1.54, 1.807) is 34.3 Å². The van der Waals surface area contributed by atoms with Crippen LogP contribution in [0.4, 0.5) is 19.0 Å². The Morgan fingerprint density at radius 3 is 2.61 bits per heavy atom. The monoisotopic (exact) mass is 322 g/mol. The van der Waals surface area contributed by atoms with Crippen molar-refractivity contribution < 1.29 is 13.2 Å². The molecule has 23 heavy (non-hydrogen) atoms. The Morgan fingerprint density at radius 2 is 2.00 bits per heavy atom. The van der Waals surface area contributed by atoms with Gasteiger partial charge in [0.1, 0.15) is 0 Å². The molecule has 0 aromatic carbocycles. The van der Waals surface area contributed by atoms with E-state index in [9.17, 15) is 13.2 Å². The van der Waals surface area contributed by atoms with E-state index in [0.29, 0.717) is 12.1 Å². The highest BCUT2D eigenvalue weighted by molar-refractivity contribution is 5.42. The van der Waals surface area contributed by atoms with Crippen LogP contribution in [0, 0.1) is 5.82 Å². The first-order valence-electron chi connectivity index (χ1n) is 7.38. The molecule has 122 valence electrons. The summed E-state index contributed by atoms with van der Waals surface area (Å²) in [5.74, 6) is -3.00. The lowest BCUT2D eigenvalue weighted by Crippen LogP contribution is -2.40. The maximum absolute atomic E-state index is 14.3. The molecule has 0 radical (unpaired) electrons. The van der Waals surface area contributed by atoms with Crippen LogP contribution in [0.1, 0.15) is 24.1 Å². The molecular weight excluding hydrogens is 305 g/mol. The van der Waals surface area contributed by atoms with Crippen molar-refractivity contribution in [3.8, 4) is 0 Å². The molecule has 0 unspecified atom stereocenters. The molecular formula is C16H17F3N4. The zero-order valence-corrected chi connectivity index (χ0v) is 12.6. The molecule has 3 heterocycles. The topological polar surface area (TPSA) is 34.0 Å². The molecule has 0 amide bonds. The molecule has 1 saturated heterocycles. The average Bonchev–Trinajstić information content (AvgIpc) is 2.96. The Kier molecular flexibility index (Phi) is 4.11. The molecule has 0 aliphatic carbocycles. The van der Waals surface area contributed by atoms with E-state index in [4.69, 9.17) is 0 Å². The Balaban J connectivity index is 1.72. The van der Waals surface area contributed by atoms with Gasteiger partial charge < -0.3 is 9.47 Å². The fourth-order valence-electron chi connectivity index (χ4n) is 2.62. The van der Waals surface area contributed by atoms with Gasteiger partial charge in [0.25, 0.3) is 5.92 Å². The normalized spacial score (nSPS) is 17.3. The molecule has 1 fully saturated rings. The largest absolute Gasteiger partial charge is 0.354 e. The van der Waals surface area contributed by atoms with Crippen molar-refractivity contribution in [3.63, 3.8) is 0 Å². The Hall–Kier alpha value is -2.31. The molecule has 4 nitrogen and oxygen atoms in total. The van der Waals surface area contributed by atoms with Gasteiger partial charge >= 0.3 is 0 Å². The van der Waals surface area contributed by atoms with E-state index < -0.39 is 11.7 Å². The van der Waals surface area contributed by atoms with Crippen molar-refractivity contribution in [1.82, 2.24) is 14.5 Å². The first-order valence-corrected chi connectivity index (χ1v) is 7.38. The van der Waals surface area contributed by atoms with Crippen LogP contribution >= 0.6 is 0 Å². The van der Waals surface area contributed by atoms with Gasteiger partial charge in [0.15, 0.2) is 11.6 Å². The van der Waals surface area contributed by atoms with E-state index in [1.165, 1.54) is 6.07 Å². The van der Waals surface area contributed by atoms with Gasteiger partial charge in [-0.15, -0.1) is 0 Å². The summed E-state index contributed by atoms with van der Waals surface area (Å²) in [4.78, 5) is 9.81. The summed E-state index contributed by atoms with van der Waals surface area (Å²) < 4.78 is 42.4. The second kappa shape index (κ2) is 6.06. The second-order valence-corrected chi connectivity index (χ2v) is 5.67. The number of aromatic nitrogens is 3. The van der Waals surface area contributed by atoms with Crippen molar-refractivity contribution >= 4 is 11.9 Å². The summed E-state index contributed by atoms with van der Waals surface area (Å²) in [6.45, 7) is 4.29. The number of rotatable bonds is 4. The molecule has 0 spiro atoms. The molecule has 2 aromatic heterocycles. The van der Waals surface area contributed by atoms with Crippen LogP contribution in [0.5, 0.6) is 0 Å². The number of imidazole rings is 1.